The van der Waals surface area contributed by atoms with E-state index in [2.05, 4.69) is 23.6 Å². The molecule has 0 atom stereocenters. The van der Waals surface area contributed by atoms with Crippen molar-refractivity contribution >= 4 is 13.1 Å². The summed E-state index contributed by atoms with van der Waals surface area (Å²) in [5, 5.41) is 0. The number of rotatable bonds is 3. The number of hydrogen-bond acceptors (Lipinski definition) is 1. The van der Waals surface area contributed by atoms with Gasteiger partial charge in [0.2, 0.25) is 0 Å². The number of hydrogen-bond donors (Lipinski definition) is 0. The van der Waals surface area contributed by atoms with Gasteiger partial charge in [0.05, 0.1) is 0 Å². The summed E-state index contributed by atoms with van der Waals surface area (Å²) in [5.74, 6) is 0. The Morgan fingerprint density at radius 1 is 1.67 bits per heavy atom. The van der Waals surface area contributed by atoms with Crippen molar-refractivity contribution in [2.45, 2.75) is 20.3 Å². The molecule has 0 N–H and O–H groups in total. The summed E-state index contributed by atoms with van der Waals surface area (Å²) < 4.78 is 0. The van der Waals surface area contributed by atoms with Crippen molar-refractivity contribution in [1.82, 2.24) is 0 Å². The highest BCUT2D eigenvalue weighted by Crippen LogP contribution is 1.96. The maximum atomic E-state index is 3.84. The van der Waals surface area contributed by atoms with E-state index in [9.17, 15) is 0 Å². The van der Waals surface area contributed by atoms with E-state index >= 15 is 0 Å². The van der Waals surface area contributed by atoms with Crippen LogP contribution in [-0.4, -0.2) is 13.1 Å². The van der Waals surface area contributed by atoms with Crippen molar-refractivity contribution in [2.75, 3.05) is 0 Å². The molecule has 0 aliphatic rings. The highest BCUT2D eigenvalue weighted by Gasteiger charge is 1.77. The third-order valence-electron chi connectivity index (χ3n) is 1.00. The fourth-order valence-electron chi connectivity index (χ4n) is 0.299. The fraction of sp³-hybridized carbons (Fsp3) is 0.429. The van der Waals surface area contributed by atoms with E-state index in [-0.39, 0.29) is 0 Å². The van der Waals surface area contributed by atoms with E-state index in [1.165, 1.54) is 11.9 Å². The molecule has 9 heavy (non-hydrogen) atoms. The minimum absolute atomic E-state index is 1.04. The summed E-state index contributed by atoms with van der Waals surface area (Å²) in [6.07, 6.45) is 4.25. The number of nitrogens with zero attached hydrogens (tertiary/aromatic N) is 2. The minimum Gasteiger partial charge on any atom is -0.253 e. The molecule has 0 bridgehead atoms. The topological polar surface area (TPSA) is 24.7 Å². The summed E-state index contributed by atoms with van der Waals surface area (Å²) in [4.78, 5) is 7.30. The number of aliphatic imine (C=N–C) groups is 2. The summed E-state index contributed by atoms with van der Waals surface area (Å²) in [7, 11) is 0. The molecule has 0 aliphatic heterocycles. The Hall–Kier alpha value is -0.920. The van der Waals surface area contributed by atoms with Crippen molar-refractivity contribution in [2.24, 2.45) is 9.98 Å². The molecule has 0 aromatic heterocycles. The van der Waals surface area contributed by atoms with Crippen LogP contribution in [0.25, 0.3) is 0 Å². The summed E-state index contributed by atoms with van der Waals surface area (Å²) in [5.41, 5.74) is 1.25. The third kappa shape index (κ3) is 4.94. The molecule has 0 unspecified atom stereocenters. The van der Waals surface area contributed by atoms with Crippen LogP contribution in [0.15, 0.2) is 21.8 Å². The van der Waals surface area contributed by atoms with Crippen LogP contribution in [-0.2, 0) is 0 Å². The zero-order valence-corrected chi connectivity index (χ0v) is 5.96. The first-order valence-corrected chi connectivity index (χ1v) is 2.94. The van der Waals surface area contributed by atoms with Gasteiger partial charge in [-0.2, -0.15) is 0 Å². The first-order chi connectivity index (χ1) is 4.31. The van der Waals surface area contributed by atoms with Gasteiger partial charge in [-0.1, -0.05) is 12.5 Å². The van der Waals surface area contributed by atoms with Crippen LogP contribution in [0.1, 0.15) is 20.3 Å². The van der Waals surface area contributed by atoms with Crippen LogP contribution in [0, 0.1) is 0 Å². The maximum Gasteiger partial charge on any atom is 0.114 e. The lowest BCUT2D eigenvalue weighted by Gasteiger charge is -1.86. The van der Waals surface area contributed by atoms with Crippen LogP contribution in [0.2, 0.25) is 0 Å². The van der Waals surface area contributed by atoms with Crippen LogP contribution < -0.4 is 0 Å². The molecule has 50 valence electrons. The van der Waals surface area contributed by atoms with Gasteiger partial charge in [0.25, 0.3) is 0 Å². The normalized spacial score (nSPS) is 12.4. The molecule has 0 amide bonds. The van der Waals surface area contributed by atoms with Crippen molar-refractivity contribution in [1.29, 1.82) is 0 Å². The molecule has 0 saturated carbocycles. The Bertz CT molecular complexity index is 134. The van der Waals surface area contributed by atoms with Crippen LogP contribution in [0.5, 0.6) is 0 Å². The first kappa shape index (κ1) is 8.08. The standard InChI is InChI=1S/C7H12N2/c1-4-7(2)5-9-6-8-3/h5-6H,3-4H2,1-2H3/b7-5-,9-6?. The van der Waals surface area contributed by atoms with Gasteiger partial charge in [-0.15, -0.1) is 0 Å². The Labute approximate surface area is 56.0 Å². The summed E-state index contributed by atoms with van der Waals surface area (Å²) in [6, 6.07) is 0. The largest absolute Gasteiger partial charge is 0.253 e. The molecular formula is C7H12N2. The molecule has 0 radical (unpaired) electrons. The van der Waals surface area contributed by atoms with Gasteiger partial charge in [-0.05, 0) is 20.1 Å². The van der Waals surface area contributed by atoms with E-state index < -0.39 is 0 Å². The van der Waals surface area contributed by atoms with Gasteiger partial charge < -0.3 is 0 Å². The smallest absolute Gasteiger partial charge is 0.114 e. The highest BCUT2D eigenvalue weighted by molar-refractivity contribution is 5.62. The highest BCUT2D eigenvalue weighted by atomic mass is 14.8. The molecule has 0 spiro atoms. The summed E-state index contributed by atoms with van der Waals surface area (Å²) in [6.45, 7) is 7.37. The molecule has 0 saturated heterocycles. The van der Waals surface area contributed by atoms with E-state index in [1.54, 1.807) is 6.20 Å². The Kier molecular flexibility index (Phi) is 4.69. The minimum atomic E-state index is 1.04. The summed E-state index contributed by atoms with van der Waals surface area (Å²) >= 11 is 0. The lowest BCUT2D eigenvalue weighted by Crippen LogP contribution is -1.68. The van der Waals surface area contributed by atoms with Gasteiger partial charge in [-0.25, -0.2) is 4.99 Å². The van der Waals surface area contributed by atoms with E-state index in [0.29, 0.717) is 0 Å². The second-order valence-corrected chi connectivity index (χ2v) is 1.78. The van der Waals surface area contributed by atoms with Crippen molar-refractivity contribution < 1.29 is 0 Å². The van der Waals surface area contributed by atoms with Gasteiger partial charge in [0.1, 0.15) is 6.34 Å². The van der Waals surface area contributed by atoms with Crippen LogP contribution in [0.4, 0.5) is 0 Å². The molecular weight excluding hydrogens is 112 g/mol. The van der Waals surface area contributed by atoms with Gasteiger partial charge in [-0.3, -0.25) is 4.99 Å². The lowest BCUT2D eigenvalue weighted by atomic mass is 10.3. The molecule has 0 heterocycles. The second kappa shape index (κ2) is 5.22. The van der Waals surface area contributed by atoms with Crippen molar-refractivity contribution in [3.8, 4) is 0 Å². The molecule has 0 aromatic rings. The SMILES string of the molecule is C=NC=N/C=C(/C)CC. The predicted molar refractivity (Wildman–Crippen MR) is 42.1 cm³/mol. The molecule has 0 aliphatic carbocycles. The second-order valence-electron chi connectivity index (χ2n) is 1.78. The predicted octanol–water partition coefficient (Wildman–Crippen LogP) is 2.03. The molecule has 0 aromatic carbocycles. The van der Waals surface area contributed by atoms with E-state index in [1.807, 2.05) is 6.92 Å². The number of allylic oxidation sites excluding steroid dienone is 1. The molecule has 0 fully saturated rings. The van der Waals surface area contributed by atoms with E-state index in [4.69, 9.17) is 0 Å². The van der Waals surface area contributed by atoms with E-state index in [0.717, 1.165) is 6.42 Å². The first-order valence-electron chi connectivity index (χ1n) is 2.94. The Morgan fingerprint density at radius 2 is 2.33 bits per heavy atom. The zero-order valence-electron chi connectivity index (χ0n) is 5.96. The lowest BCUT2D eigenvalue weighted by molar-refractivity contribution is 1.09. The Balaban J connectivity index is 3.67. The maximum absolute atomic E-state index is 3.84. The van der Waals surface area contributed by atoms with Gasteiger partial charge in [0.15, 0.2) is 0 Å². The molecule has 2 nitrogen and oxygen atoms in total. The van der Waals surface area contributed by atoms with Crippen LogP contribution >= 0.6 is 0 Å². The quantitative estimate of drug-likeness (QED) is 0.406. The zero-order chi connectivity index (χ0) is 7.11. The average molecular weight is 124 g/mol. The Morgan fingerprint density at radius 3 is 2.78 bits per heavy atom. The van der Waals surface area contributed by atoms with Gasteiger partial charge >= 0.3 is 0 Å². The fourth-order valence-corrected chi connectivity index (χ4v) is 0.299. The van der Waals surface area contributed by atoms with Crippen molar-refractivity contribution in [3.63, 3.8) is 0 Å². The van der Waals surface area contributed by atoms with Crippen LogP contribution in [0.3, 0.4) is 0 Å². The molecule has 2 heteroatoms. The van der Waals surface area contributed by atoms with Gasteiger partial charge in [0, 0.05) is 6.20 Å². The molecule has 0 rings (SSSR count). The van der Waals surface area contributed by atoms with Crippen molar-refractivity contribution in [3.05, 3.63) is 11.8 Å². The monoisotopic (exact) mass is 124 g/mol. The average Bonchev–Trinajstić information content (AvgIpc) is 1.89. The third-order valence-corrected chi connectivity index (χ3v) is 1.00.